The summed E-state index contributed by atoms with van der Waals surface area (Å²) in [5.41, 5.74) is 3.46. The number of aryl methyl sites for hydroxylation is 1. The van der Waals surface area contributed by atoms with Crippen molar-refractivity contribution in [2.75, 3.05) is 13.7 Å². The number of esters is 2. The quantitative estimate of drug-likeness (QED) is 0.242. The smallest absolute Gasteiger partial charge is 0.339 e. The number of carbonyl (C=O) groups excluding carboxylic acids is 5. The average Bonchev–Trinajstić information content (AvgIpc) is 3.50. The third kappa shape index (κ3) is 16.0. The van der Waals surface area contributed by atoms with Gasteiger partial charge in [0.05, 0.1) is 49.3 Å². The van der Waals surface area contributed by atoms with E-state index in [2.05, 4.69) is 30.8 Å². The molecule has 0 spiro atoms. The first-order valence-electron chi connectivity index (χ1n) is 15.8. The molecular formula is C35H50N6O7. The van der Waals surface area contributed by atoms with Crippen molar-refractivity contribution < 1.29 is 33.4 Å². The molecule has 0 aliphatic heterocycles. The first-order chi connectivity index (χ1) is 22.7. The van der Waals surface area contributed by atoms with Crippen molar-refractivity contribution in [3.63, 3.8) is 0 Å². The molecule has 3 N–H and O–H groups in total. The molecule has 0 atom stereocenters. The van der Waals surface area contributed by atoms with Crippen LogP contribution >= 0.6 is 0 Å². The molecule has 2 aromatic heterocycles. The van der Waals surface area contributed by atoms with Gasteiger partial charge in [-0.05, 0) is 42.8 Å². The number of benzene rings is 1. The van der Waals surface area contributed by atoms with E-state index < -0.39 is 0 Å². The summed E-state index contributed by atoms with van der Waals surface area (Å²) in [7, 11) is 3.20. The minimum absolute atomic E-state index is 0.0158. The third-order valence-electron chi connectivity index (χ3n) is 6.41. The lowest BCUT2D eigenvalue weighted by Crippen LogP contribution is -2.27. The van der Waals surface area contributed by atoms with Crippen LogP contribution in [0, 0.1) is 17.8 Å². The predicted molar refractivity (Wildman–Crippen MR) is 181 cm³/mol. The van der Waals surface area contributed by atoms with Gasteiger partial charge >= 0.3 is 11.9 Å². The van der Waals surface area contributed by atoms with Crippen LogP contribution in [0.4, 0.5) is 0 Å². The van der Waals surface area contributed by atoms with Crippen LogP contribution in [0.1, 0.15) is 86.1 Å². The molecule has 1 aromatic carbocycles. The van der Waals surface area contributed by atoms with E-state index in [1.54, 1.807) is 48.0 Å². The second kappa shape index (κ2) is 21.7. The van der Waals surface area contributed by atoms with E-state index in [0.29, 0.717) is 43.1 Å². The molecule has 13 nitrogen and oxygen atoms in total. The highest BCUT2D eigenvalue weighted by atomic mass is 16.5. The van der Waals surface area contributed by atoms with Crippen molar-refractivity contribution in [3.8, 4) is 0 Å². The maximum Gasteiger partial charge on any atom is 0.339 e. The lowest BCUT2D eigenvalue weighted by Gasteiger charge is -2.08. The number of carbonyl (C=O) groups is 5. The van der Waals surface area contributed by atoms with Crippen LogP contribution in [0.5, 0.6) is 0 Å². The van der Waals surface area contributed by atoms with E-state index in [-0.39, 0.29) is 47.4 Å². The zero-order valence-electron chi connectivity index (χ0n) is 29.5. The summed E-state index contributed by atoms with van der Waals surface area (Å²) in [5, 5.41) is 12.5. The SMILES string of the molecule is CC(C)C(=O)NCc1ccn(C)n1.CCOC(=O)c1ccc(CNC(=O)C(C)C)nc1.COC(=O)c1ccc(CNC(=O)C(C)C)cc1. The summed E-state index contributed by atoms with van der Waals surface area (Å²) >= 11 is 0. The number of rotatable bonds is 12. The Morgan fingerprint density at radius 1 is 0.688 bits per heavy atom. The normalized spacial score (nSPS) is 10.2. The Morgan fingerprint density at radius 3 is 1.60 bits per heavy atom. The zero-order valence-corrected chi connectivity index (χ0v) is 29.5. The molecule has 262 valence electrons. The van der Waals surface area contributed by atoms with Gasteiger partial charge < -0.3 is 25.4 Å². The molecule has 3 rings (SSSR count). The van der Waals surface area contributed by atoms with E-state index in [1.807, 2.05) is 60.9 Å². The van der Waals surface area contributed by atoms with Gasteiger partial charge in [-0.2, -0.15) is 5.10 Å². The number of nitrogens with one attached hydrogen (secondary N) is 3. The van der Waals surface area contributed by atoms with Gasteiger partial charge in [0.2, 0.25) is 17.7 Å². The molecule has 0 aliphatic carbocycles. The Morgan fingerprint density at radius 2 is 1.19 bits per heavy atom. The molecule has 3 amide bonds. The molecule has 0 fully saturated rings. The number of ether oxygens (including phenoxy) is 2. The third-order valence-corrected chi connectivity index (χ3v) is 6.41. The summed E-state index contributed by atoms with van der Waals surface area (Å²) in [6, 6.07) is 12.2. The van der Waals surface area contributed by atoms with Gasteiger partial charge in [0.25, 0.3) is 0 Å². The summed E-state index contributed by atoms with van der Waals surface area (Å²) in [6.45, 7) is 14.5. The molecule has 0 aliphatic rings. The Labute approximate surface area is 283 Å². The van der Waals surface area contributed by atoms with Crippen LogP contribution in [0.15, 0.2) is 54.9 Å². The lowest BCUT2D eigenvalue weighted by molar-refractivity contribution is -0.124. The second-order valence-electron chi connectivity index (χ2n) is 11.5. The molecule has 0 saturated carbocycles. The van der Waals surface area contributed by atoms with Gasteiger partial charge in [0, 0.05) is 43.7 Å². The Bertz CT molecular complexity index is 1450. The molecule has 0 radical (unpaired) electrons. The number of aromatic nitrogens is 3. The largest absolute Gasteiger partial charge is 0.465 e. The average molecular weight is 667 g/mol. The standard InChI is InChI=1S/C13H18N2O3.C13H17NO3.C9H15N3O/c1-4-18-13(17)10-5-6-11(14-7-10)8-15-12(16)9(2)3;1-9(2)12(15)14-8-10-4-6-11(7-5-10)13(16)17-3;1-7(2)9(13)10-6-8-4-5-12(3)11-8/h5-7,9H,4,8H2,1-3H3,(H,15,16);4-7,9H,8H2,1-3H3,(H,14,15);4-5,7H,6H2,1-3H3,(H,10,13). The van der Waals surface area contributed by atoms with Crippen LogP contribution in [-0.4, -0.2) is 58.1 Å². The number of hydrogen-bond acceptors (Lipinski definition) is 9. The van der Waals surface area contributed by atoms with Crippen molar-refractivity contribution in [1.29, 1.82) is 0 Å². The van der Waals surface area contributed by atoms with Crippen LogP contribution in [0.3, 0.4) is 0 Å². The Balaban J connectivity index is 0.000000365. The topological polar surface area (TPSA) is 171 Å². The van der Waals surface area contributed by atoms with Crippen LogP contribution in [0.2, 0.25) is 0 Å². The van der Waals surface area contributed by atoms with Gasteiger partial charge in [-0.1, -0.05) is 53.7 Å². The molecule has 3 aromatic rings. The first kappa shape index (κ1) is 41.0. The molecule has 13 heteroatoms. The van der Waals surface area contributed by atoms with Gasteiger partial charge in [0.15, 0.2) is 0 Å². The van der Waals surface area contributed by atoms with E-state index in [4.69, 9.17) is 4.74 Å². The molecule has 48 heavy (non-hydrogen) atoms. The Hall–Kier alpha value is -5.07. The minimum atomic E-state index is -0.386. The molecule has 0 saturated heterocycles. The molecule has 0 unspecified atom stereocenters. The van der Waals surface area contributed by atoms with Crippen LogP contribution < -0.4 is 16.0 Å². The highest BCUT2D eigenvalue weighted by Crippen LogP contribution is 2.06. The molecule has 0 bridgehead atoms. The van der Waals surface area contributed by atoms with E-state index in [9.17, 15) is 24.0 Å². The maximum absolute atomic E-state index is 11.4. The summed E-state index contributed by atoms with van der Waals surface area (Å²) in [4.78, 5) is 60.6. The van der Waals surface area contributed by atoms with Crippen LogP contribution in [0.25, 0.3) is 0 Å². The maximum atomic E-state index is 11.4. The number of methoxy groups -OCH3 is 1. The predicted octanol–water partition coefficient (Wildman–Crippen LogP) is 3.97. The highest BCUT2D eigenvalue weighted by molar-refractivity contribution is 5.89. The van der Waals surface area contributed by atoms with Crippen molar-refractivity contribution in [2.45, 2.75) is 68.1 Å². The minimum Gasteiger partial charge on any atom is -0.465 e. The first-order valence-corrected chi connectivity index (χ1v) is 15.8. The fourth-order valence-electron chi connectivity index (χ4n) is 3.46. The fourth-order valence-corrected chi connectivity index (χ4v) is 3.46. The fraction of sp³-hybridized carbons (Fsp3) is 0.457. The second-order valence-corrected chi connectivity index (χ2v) is 11.5. The summed E-state index contributed by atoms with van der Waals surface area (Å²) < 4.78 is 11.2. The Kier molecular flexibility index (Phi) is 18.5. The van der Waals surface area contributed by atoms with Gasteiger partial charge in [-0.15, -0.1) is 0 Å². The zero-order chi connectivity index (χ0) is 36.2. The number of hydrogen-bond donors (Lipinski definition) is 3. The van der Waals surface area contributed by atoms with Crippen molar-refractivity contribution in [1.82, 2.24) is 30.7 Å². The van der Waals surface area contributed by atoms with Gasteiger partial charge in [-0.25, -0.2) is 9.59 Å². The molecular weight excluding hydrogens is 616 g/mol. The highest BCUT2D eigenvalue weighted by Gasteiger charge is 2.10. The van der Waals surface area contributed by atoms with E-state index >= 15 is 0 Å². The lowest BCUT2D eigenvalue weighted by atomic mass is 10.1. The van der Waals surface area contributed by atoms with Gasteiger partial charge in [-0.3, -0.25) is 24.0 Å². The van der Waals surface area contributed by atoms with Crippen molar-refractivity contribution in [2.24, 2.45) is 24.8 Å². The number of pyridine rings is 1. The van der Waals surface area contributed by atoms with E-state index in [0.717, 1.165) is 11.3 Å². The summed E-state index contributed by atoms with van der Waals surface area (Å²) in [6.07, 6.45) is 3.31. The number of amides is 3. The van der Waals surface area contributed by atoms with Crippen molar-refractivity contribution in [3.05, 3.63) is 82.9 Å². The van der Waals surface area contributed by atoms with Crippen molar-refractivity contribution >= 4 is 29.7 Å². The van der Waals surface area contributed by atoms with Gasteiger partial charge in [0.1, 0.15) is 0 Å². The van der Waals surface area contributed by atoms with Crippen LogP contribution in [-0.2, 0) is 50.5 Å². The number of nitrogens with zero attached hydrogens (tertiary/aromatic N) is 3. The summed E-state index contributed by atoms with van der Waals surface area (Å²) in [5.74, 6) is -0.735. The van der Waals surface area contributed by atoms with E-state index in [1.165, 1.54) is 13.3 Å². The monoisotopic (exact) mass is 666 g/mol. The molecule has 2 heterocycles.